The maximum atomic E-state index is 11.8. The third kappa shape index (κ3) is 6.22. The Morgan fingerprint density at radius 1 is 1.29 bits per heavy atom. The van der Waals surface area contributed by atoms with Crippen LogP contribution in [0.3, 0.4) is 0 Å². The standard InChI is InChI=1S/C17H25N3O/c1-5-11-18-15-9-7-14(8-10-15)12-19-17(21)20-16(6-2)13(3)4/h2,7-10,13,16,18H,5,11-12H2,1,3-4H3,(H2,19,20,21)/t16-/m0/s1. The Morgan fingerprint density at radius 2 is 1.95 bits per heavy atom. The van der Waals surface area contributed by atoms with Crippen molar-refractivity contribution >= 4 is 11.7 Å². The second kappa shape index (κ2) is 8.91. The zero-order valence-corrected chi connectivity index (χ0v) is 13.1. The van der Waals surface area contributed by atoms with Crippen LogP contribution in [0.2, 0.25) is 0 Å². The first-order valence-electron chi connectivity index (χ1n) is 7.40. The number of carbonyl (C=O) groups excluding carboxylic acids is 1. The van der Waals surface area contributed by atoms with Gasteiger partial charge in [0.15, 0.2) is 0 Å². The van der Waals surface area contributed by atoms with Crippen LogP contribution in [0.15, 0.2) is 24.3 Å². The summed E-state index contributed by atoms with van der Waals surface area (Å²) < 4.78 is 0. The highest BCUT2D eigenvalue weighted by molar-refractivity contribution is 5.74. The van der Waals surface area contributed by atoms with Crippen molar-refractivity contribution in [2.24, 2.45) is 5.92 Å². The molecule has 0 radical (unpaired) electrons. The molecule has 1 aromatic carbocycles. The van der Waals surface area contributed by atoms with E-state index < -0.39 is 0 Å². The molecule has 0 heterocycles. The molecule has 1 aromatic rings. The molecule has 0 aliphatic carbocycles. The van der Waals surface area contributed by atoms with Crippen molar-refractivity contribution in [1.29, 1.82) is 0 Å². The molecule has 0 unspecified atom stereocenters. The van der Waals surface area contributed by atoms with Crippen molar-refractivity contribution in [2.75, 3.05) is 11.9 Å². The molecular weight excluding hydrogens is 262 g/mol. The monoisotopic (exact) mass is 287 g/mol. The molecule has 114 valence electrons. The molecule has 0 aliphatic heterocycles. The SMILES string of the molecule is C#C[C@H](NC(=O)NCc1ccc(NCCC)cc1)C(C)C. The van der Waals surface area contributed by atoms with Crippen LogP contribution in [0.5, 0.6) is 0 Å². The van der Waals surface area contributed by atoms with E-state index >= 15 is 0 Å². The number of hydrogen-bond acceptors (Lipinski definition) is 2. The van der Waals surface area contributed by atoms with Gasteiger partial charge in [0.25, 0.3) is 0 Å². The van der Waals surface area contributed by atoms with Crippen molar-refractivity contribution in [3.8, 4) is 12.3 Å². The Hall–Kier alpha value is -2.15. The van der Waals surface area contributed by atoms with Gasteiger partial charge in [-0.1, -0.05) is 38.8 Å². The molecule has 2 amide bonds. The quantitative estimate of drug-likeness (QED) is 0.675. The van der Waals surface area contributed by atoms with Gasteiger partial charge in [-0.15, -0.1) is 6.42 Å². The summed E-state index contributed by atoms with van der Waals surface area (Å²) >= 11 is 0. The van der Waals surface area contributed by atoms with Crippen molar-refractivity contribution in [1.82, 2.24) is 10.6 Å². The van der Waals surface area contributed by atoms with Crippen molar-refractivity contribution in [3.63, 3.8) is 0 Å². The molecule has 3 N–H and O–H groups in total. The lowest BCUT2D eigenvalue weighted by atomic mass is 10.1. The lowest BCUT2D eigenvalue weighted by molar-refractivity contribution is 0.236. The van der Waals surface area contributed by atoms with Crippen LogP contribution >= 0.6 is 0 Å². The lowest BCUT2D eigenvalue weighted by Gasteiger charge is -2.17. The Bertz CT molecular complexity index is 474. The number of carbonyl (C=O) groups is 1. The van der Waals surface area contributed by atoms with Gasteiger partial charge < -0.3 is 16.0 Å². The number of benzene rings is 1. The molecule has 0 fully saturated rings. The summed E-state index contributed by atoms with van der Waals surface area (Å²) in [6.45, 7) is 7.53. The van der Waals surface area contributed by atoms with Gasteiger partial charge >= 0.3 is 6.03 Å². The Balaban J connectivity index is 2.41. The molecule has 21 heavy (non-hydrogen) atoms. The summed E-state index contributed by atoms with van der Waals surface area (Å²) in [6.07, 6.45) is 6.48. The van der Waals surface area contributed by atoms with Crippen molar-refractivity contribution < 1.29 is 4.79 Å². The summed E-state index contributed by atoms with van der Waals surface area (Å²) in [7, 11) is 0. The summed E-state index contributed by atoms with van der Waals surface area (Å²) in [5.41, 5.74) is 2.14. The van der Waals surface area contributed by atoms with E-state index in [0.29, 0.717) is 6.54 Å². The van der Waals surface area contributed by atoms with Gasteiger partial charge in [-0.2, -0.15) is 0 Å². The molecular formula is C17H25N3O. The van der Waals surface area contributed by atoms with Crippen molar-refractivity contribution in [2.45, 2.75) is 39.8 Å². The number of amides is 2. The van der Waals surface area contributed by atoms with Gasteiger partial charge in [0.2, 0.25) is 0 Å². The highest BCUT2D eigenvalue weighted by Crippen LogP contribution is 2.09. The van der Waals surface area contributed by atoms with E-state index in [4.69, 9.17) is 6.42 Å². The fourth-order valence-electron chi connectivity index (χ4n) is 1.79. The molecule has 4 nitrogen and oxygen atoms in total. The maximum Gasteiger partial charge on any atom is 0.316 e. The first-order chi connectivity index (χ1) is 10.1. The summed E-state index contributed by atoms with van der Waals surface area (Å²) in [5.74, 6) is 2.79. The zero-order valence-electron chi connectivity index (χ0n) is 13.1. The minimum Gasteiger partial charge on any atom is -0.385 e. The highest BCUT2D eigenvalue weighted by atomic mass is 16.2. The van der Waals surface area contributed by atoms with E-state index in [-0.39, 0.29) is 18.0 Å². The topological polar surface area (TPSA) is 53.2 Å². The minimum absolute atomic E-state index is 0.213. The van der Waals surface area contributed by atoms with Crippen LogP contribution in [-0.4, -0.2) is 18.6 Å². The van der Waals surface area contributed by atoms with E-state index in [9.17, 15) is 4.79 Å². The number of urea groups is 1. The number of nitrogens with one attached hydrogen (secondary N) is 3. The zero-order chi connectivity index (χ0) is 15.7. The van der Waals surface area contributed by atoms with Gasteiger partial charge in [0.1, 0.15) is 0 Å². The van der Waals surface area contributed by atoms with E-state index in [1.165, 1.54) is 0 Å². The average molecular weight is 287 g/mol. The molecule has 4 heteroatoms. The number of hydrogen-bond donors (Lipinski definition) is 3. The number of rotatable bonds is 7. The number of anilines is 1. The maximum absolute atomic E-state index is 11.8. The van der Waals surface area contributed by atoms with Crippen LogP contribution in [0, 0.1) is 18.3 Å². The second-order valence-electron chi connectivity index (χ2n) is 5.34. The Kier molecular flexibility index (Phi) is 7.17. The van der Waals surface area contributed by atoms with Crippen molar-refractivity contribution in [3.05, 3.63) is 29.8 Å². The predicted molar refractivity (Wildman–Crippen MR) is 88.1 cm³/mol. The summed E-state index contributed by atoms with van der Waals surface area (Å²) in [6, 6.07) is 7.55. The van der Waals surface area contributed by atoms with E-state index in [2.05, 4.69) is 28.8 Å². The molecule has 0 aromatic heterocycles. The smallest absolute Gasteiger partial charge is 0.316 e. The molecule has 1 rings (SSSR count). The lowest BCUT2D eigenvalue weighted by Crippen LogP contribution is -2.43. The average Bonchev–Trinajstić information content (AvgIpc) is 2.49. The summed E-state index contributed by atoms with van der Waals surface area (Å²) in [4.78, 5) is 11.8. The predicted octanol–water partition coefficient (Wildman–Crippen LogP) is 2.97. The van der Waals surface area contributed by atoms with E-state index in [1.807, 2.05) is 38.1 Å². The van der Waals surface area contributed by atoms with Gasteiger partial charge in [-0.3, -0.25) is 0 Å². The van der Waals surface area contributed by atoms with Gasteiger partial charge in [-0.25, -0.2) is 4.79 Å². The second-order valence-corrected chi connectivity index (χ2v) is 5.34. The minimum atomic E-state index is -0.245. The van der Waals surface area contributed by atoms with E-state index in [0.717, 1.165) is 24.2 Å². The highest BCUT2D eigenvalue weighted by Gasteiger charge is 2.12. The normalized spacial score (nSPS) is 11.6. The van der Waals surface area contributed by atoms with Gasteiger partial charge in [0.05, 0.1) is 6.04 Å². The van der Waals surface area contributed by atoms with Gasteiger partial charge in [0, 0.05) is 18.8 Å². The Morgan fingerprint density at radius 3 is 2.48 bits per heavy atom. The fraction of sp³-hybridized carbons (Fsp3) is 0.471. The largest absolute Gasteiger partial charge is 0.385 e. The summed E-state index contributed by atoms with van der Waals surface area (Å²) in [5, 5.41) is 8.90. The fourth-order valence-corrected chi connectivity index (χ4v) is 1.79. The molecule has 0 aliphatic rings. The molecule has 0 saturated carbocycles. The first-order valence-corrected chi connectivity index (χ1v) is 7.40. The third-order valence-electron chi connectivity index (χ3n) is 3.12. The van der Waals surface area contributed by atoms with Crippen LogP contribution in [0.25, 0.3) is 0 Å². The third-order valence-corrected chi connectivity index (χ3v) is 3.12. The molecule has 0 saturated heterocycles. The van der Waals surface area contributed by atoms with Crippen LogP contribution < -0.4 is 16.0 Å². The molecule has 0 bridgehead atoms. The first kappa shape index (κ1) is 16.9. The van der Waals surface area contributed by atoms with Gasteiger partial charge in [-0.05, 0) is 30.0 Å². The van der Waals surface area contributed by atoms with Crippen LogP contribution in [0.4, 0.5) is 10.5 Å². The Labute approximate surface area is 127 Å². The van der Waals surface area contributed by atoms with Crippen LogP contribution in [0.1, 0.15) is 32.8 Å². The molecule has 1 atom stereocenters. The molecule has 0 spiro atoms. The van der Waals surface area contributed by atoms with E-state index in [1.54, 1.807) is 0 Å². The van der Waals surface area contributed by atoms with Crippen LogP contribution in [-0.2, 0) is 6.54 Å². The number of terminal acetylenes is 1.